The molecule has 0 saturated carbocycles. The number of amides is 2. The summed E-state index contributed by atoms with van der Waals surface area (Å²) in [5.41, 5.74) is 6.29. The fourth-order valence-corrected chi connectivity index (χ4v) is 2.25. The minimum absolute atomic E-state index is 0.0604. The predicted molar refractivity (Wildman–Crippen MR) is 74.0 cm³/mol. The van der Waals surface area contributed by atoms with Crippen LogP contribution in [0.1, 0.15) is 18.4 Å². The van der Waals surface area contributed by atoms with Gasteiger partial charge in [-0.3, -0.25) is 9.59 Å². The molecule has 2 rings (SSSR count). The zero-order chi connectivity index (χ0) is 13.7. The number of hydrogen-bond donors (Lipinski definition) is 1. The lowest BCUT2D eigenvalue weighted by Gasteiger charge is -2.30. The van der Waals surface area contributed by atoms with Gasteiger partial charge in [0, 0.05) is 19.2 Å². The highest BCUT2D eigenvalue weighted by Crippen LogP contribution is 2.16. The second-order valence-electron chi connectivity index (χ2n) is 4.77. The van der Waals surface area contributed by atoms with Crippen molar-refractivity contribution in [2.75, 3.05) is 13.1 Å². The topological polar surface area (TPSA) is 63.4 Å². The van der Waals surface area contributed by atoms with Crippen molar-refractivity contribution in [1.82, 2.24) is 4.90 Å². The maximum absolute atomic E-state index is 12.0. The van der Waals surface area contributed by atoms with E-state index < -0.39 is 0 Å². The van der Waals surface area contributed by atoms with E-state index in [1.54, 1.807) is 17.1 Å². The molecule has 100 valence electrons. The summed E-state index contributed by atoms with van der Waals surface area (Å²) in [6, 6.07) is 9.65. The van der Waals surface area contributed by atoms with E-state index in [4.69, 9.17) is 5.73 Å². The molecule has 1 aromatic carbocycles. The lowest BCUT2D eigenvalue weighted by atomic mass is 9.97. The molecule has 0 aliphatic carbocycles. The number of carbonyl (C=O) groups excluding carboxylic acids is 2. The third-order valence-corrected chi connectivity index (χ3v) is 3.35. The van der Waals surface area contributed by atoms with Crippen LogP contribution in [0.5, 0.6) is 0 Å². The van der Waals surface area contributed by atoms with Gasteiger partial charge in [-0.15, -0.1) is 0 Å². The van der Waals surface area contributed by atoms with Crippen molar-refractivity contribution in [1.29, 1.82) is 0 Å². The number of benzene rings is 1. The van der Waals surface area contributed by atoms with Gasteiger partial charge in [-0.2, -0.15) is 0 Å². The number of rotatable bonds is 3. The van der Waals surface area contributed by atoms with Crippen LogP contribution in [0.15, 0.2) is 36.4 Å². The van der Waals surface area contributed by atoms with Crippen LogP contribution in [-0.4, -0.2) is 29.8 Å². The quantitative estimate of drug-likeness (QED) is 0.833. The third kappa shape index (κ3) is 3.68. The largest absolute Gasteiger partial charge is 0.369 e. The summed E-state index contributed by atoms with van der Waals surface area (Å²) >= 11 is 0. The van der Waals surface area contributed by atoms with Crippen LogP contribution < -0.4 is 5.73 Å². The first-order valence-corrected chi connectivity index (χ1v) is 6.48. The Balaban J connectivity index is 1.96. The number of carbonyl (C=O) groups is 2. The molecule has 0 bridgehead atoms. The van der Waals surface area contributed by atoms with Crippen LogP contribution in [0.2, 0.25) is 0 Å². The molecule has 4 heteroatoms. The van der Waals surface area contributed by atoms with E-state index in [1.807, 2.05) is 30.3 Å². The SMILES string of the molecule is NC(=O)C1CCCN(C(=O)C=Cc2ccccc2)C1. The highest BCUT2D eigenvalue weighted by atomic mass is 16.2. The zero-order valence-corrected chi connectivity index (χ0v) is 10.8. The van der Waals surface area contributed by atoms with Gasteiger partial charge < -0.3 is 10.6 Å². The Kier molecular flexibility index (Phi) is 4.34. The summed E-state index contributed by atoms with van der Waals surface area (Å²) in [4.78, 5) is 24.9. The molecule has 1 aliphatic rings. The average Bonchev–Trinajstić information content (AvgIpc) is 2.46. The molecule has 0 spiro atoms. The zero-order valence-electron chi connectivity index (χ0n) is 10.8. The first-order chi connectivity index (χ1) is 9.16. The molecule has 1 saturated heterocycles. The first kappa shape index (κ1) is 13.3. The maximum Gasteiger partial charge on any atom is 0.246 e. The van der Waals surface area contributed by atoms with Crippen molar-refractivity contribution < 1.29 is 9.59 Å². The number of nitrogens with zero attached hydrogens (tertiary/aromatic N) is 1. The van der Waals surface area contributed by atoms with Gasteiger partial charge in [0.15, 0.2) is 0 Å². The monoisotopic (exact) mass is 258 g/mol. The molecular formula is C15H18N2O2. The van der Waals surface area contributed by atoms with E-state index in [0.29, 0.717) is 13.1 Å². The molecule has 0 radical (unpaired) electrons. The van der Waals surface area contributed by atoms with E-state index in [-0.39, 0.29) is 17.7 Å². The molecule has 2 N–H and O–H groups in total. The van der Waals surface area contributed by atoms with Gasteiger partial charge in [-0.25, -0.2) is 0 Å². The van der Waals surface area contributed by atoms with Crippen molar-refractivity contribution in [3.05, 3.63) is 42.0 Å². The van der Waals surface area contributed by atoms with Crippen molar-refractivity contribution in [2.45, 2.75) is 12.8 Å². The van der Waals surface area contributed by atoms with Crippen LogP contribution in [0.3, 0.4) is 0 Å². The molecule has 1 aliphatic heterocycles. The second-order valence-corrected chi connectivity index (χ2v) is 4.77. The Bertz CT molecular complexity index is 482. The van der Waals surface area contributed by atoms with E-state index >= 15 is 0 Å². The minimum Gasteiger partial charge on any atom is -0.369 e. The molecule has 2 amide bonds. The van der Waals surface area contributed by atoms with Crippen LogP contribution in [0, 0.1) is 5.92 Å². The van der Waals surface area contributed by atoms with Crippen molar-refractivity contribution in [3.8, 4) is 0 Å². The average molecular weight is 258 g/mol. The van der Waals surface area contributed by atoms with Crippen molar-refractivity contribution >= 4 is 17.9 Å². The van der Waals surface area contributed by atoms with E-state index in [0.717, 1.165) is 18.4 Å². The number of primary amides is 1. The fourth-order valence-electron chi connectivity index (χ4n) is 2.25. The van der Waals surface area contributed by atoms with Crippen LogP contribution >= 0.6 is 0 Å². The molecule has 0 aromatic heterocycles. The lowest BCUT2D eigenvalue weighted by Crippen LogP contribution is -2.43. The van der Waals surface area contributed by atoms with Crippen LogP contribution in [-0.2, 0) is 9.59 Å². The standard InChI is InChI=1S/C15H18N2O2/c16-15(19)13-7-4-10-17(11-13)14(18)9-8-12-5-2-1-3-6-12/h1-3,5-6,8-9,13H,4,7,10-11H2,(H2,16,19). The van der Waals surface area contributed by atoms with Gasteiger partial charge in [0.05, 0.1) is 5.92 Å². The summed E-state index contributed by atoms with van der Waals surface area (Å²) in [6.45, 7) is 1.13. The second kappa shape index (κ2) is 6.18. The predicted octanol–water partition coefficient (Wildman–Crippen LogP) is 1.42. The third-order valence-electron chi connectivity index (χ3n) is 3.35. The fraction of sp³-hybridized carbons (Fsp3) is 0.333. The number of likely N-dealkylation sites (tertiary alicyclic amines) is 1. The summed E-state index contributed by atoms with van der Waals surface area (Å²) in [5, 5.41) is 0. The van der Waals surface area contributed by atoms with Gasteiger partial charge in [-0.1, -0.05) is 30.3 Å². The number of piperidine rings is 1. The maximum atomic E-state index is 12.0. The molecule has 1 heterocycles. The normalized spacial score (nSPS) is 19.6. The summed E-state index contributed by atoms with van der Waals surface area (Å²) in [6.07, 6.45) is 4.95. The molecule has 1 fully saturated rings. The van der Waals surface area contributed by atoms with Crippen molar-refractivity contribution in [3.63, 3.8) is 0 Å². The van der Waals surface area contributed by atoms with E-state index in [1.165, 1.54) is 0 Å². The molecular weight excluding hydrogens is 240 g/mol. The highest BCUT2D eigenvalue weighted by molar-refractivity contribution is 5.92. The molecule has 1 aromatic rings. The molecule has 19 heavy (non-hydrogen) atoms. The Morgan fingerprint density at radius 3 is 2.68 bits per heavy atom. The Hall–Kier alpha value is -2.10. The Morgan fingerprint density at radius 2 is 2.00 bits per heavy atom. The van der Waals surface area contributed by atoms with E-state index in [2.05, 4.69) is 0 Å². The number of nitrogens with two attached hydrogens (primary N) is 1. The van der Waals surface area contributed by atoms with Gasteiger partial charge in [0.1, 0.15) is 0 Å². The summed E-state index contributed by atoms with van der Waals surface area (Å²) in [5.74, 6) is -0.581. The Labute approximate surface area is 112 Å². The molecule has 4 nitrogen and oxygen atoms in total. The summed E-state index contributed by atoms with van der Waals surface area (Å²) < 4.78 is 0. The van der Waals surface area contributed by atoms with Crippen LogP contribution in [0.25, 0.3) is 6.08 Å². The van der Waals surface area contributed by atoms with Gasteiger partial charge in [0.25, 0.3) is 0 Å². The van der Waals surface area contributed by atoms with Gasteiger partial charge in [0.2, 0.25) is 11.8 Å². The van der Waals surface area contributed by atoms with Gasteiger partial charge >= 0.3 is 0 Å². The summed E-state index contributed by atoms with van der Waals surface area (Å²) in [7, 11) is 0. The molecule has 1 atom stereocenters. The highest BCUT2D eigenvalue weighted by Gasteiger charge is 2.25. The molecule has 1 unspecified atom stereocenters. The van der Waals surface area contributed by atoms with E-state index in [9.17, 15) is 9.59 Å². The number of hydrogen-bond acceptors (Lipinski definition) is 2. The van der Waals surface area contributed by atoms with Crippen LogP contribution in [0.4, 0.5) is 0 Å². The Morgan fingerprint density at radius 1 is 1.26 bits per heavy atom. The minimum atomic E-state index is -0.315. The van der Waals surface area contributed by atoms with Crippen molar-refractivity contribution in [2.24, 2.45) is 11.7 Å². The lowest BCUT2D eigenvalue weighted by molar-refractivity contribution is -0.130. The first-order valence-electron chi connectivity index (χ1n) is 6.48. The smallest absolute Gasteiger partial charge is 0.246 e. The van der Waals surface area contributed by atoms with Gasteiger partial charge in [-0.05, 0) is 24.5 Å².